The number of sulfonamides is 1. The van der Waals surface area contributed by atoms with E-state index in [1.165, 1.54) is 10.4 Å². The van der Waals surface area contributed by atoms with E-state index in [0.29, 0.717) is 38.3 Å². The van der Waals surface area contributed by atoms with Crippen LogP contribution < -0.4 is 5.32 Å². The summed E-state index contributed by atoms with van der Waals surface area (Å²) in [5, 5.41) is 3.10. The molecule has 2 aromatic rings. The van der Waals surface area contributed by atoms with Gasteiger partial charge in [-0.3, -0.25) is 4.79 Å². The lowest BCUT2D eigenvalue weighted by Gasteiger charge is -2.33. The van der Waals surface area contributed by atoms with Crippen molar-refractivity contribution in [2.75, 3.05) is 31.5 Å². The molecule has 0 aliphatic carbocycles. The predicted octanol–water partition coefficient (Wildman–Crippen LogP) is 4.09. The Morgan fingerprint density at radius 1 is 1.03 bits per heavy atom. The summed E-state index contributed by atoms with van der Waals surface area (Å²) in [5.41, 5.74) is 0.219. The Labute approximate surface area is 203 Å². The highest BCUT2D eigenvalue weighted by Crippen LogP contribution is 2.30. The molecule has 1 aromatic carbocycles. The number of benzene rings is 1. The third-order valence-electron chi connectivity index (χ3n) is 6.75. The van der Waals surface area contributed by atoms with Crippen LogP contribution >= 0.6 is 0 Å². The van der Waals surface area contributed by atoms with Crippen molar-refractivity contribution >= 4 is 21.7 Å². The van der Waals surface area contributed by atoms with Crippen molar-refractivity contribution in [1.82, 2.24) is 14.2 Å². The Kier molecular flexibility index (Phi) is 7.37. The Morgan fingerprint density at radius 3 is 2.29 bits per heavy atom. The highest BCUT2D eigenvalue weighted by molar-refractivity contribution is 7.89. The van der Waals surface area contributed by atoms with Gasteiger partial charge in [0.2, 0.25) is 15.9 Å². The monoisotopic (exact) mass is 510 g/mol. The summed E-state index contributed by atoms with van der Waals surface area (Å²) < 4.78 is 65.8. The zero-order valence-electron chi connectivity index (χ0n) is 19.5. The fourth-order valence-corrected chi connectivity index (χ4v) is 6.16. The molecule has 1 aromatic heterocycles. The van der Waals surface area contributed by atoms with Crippen LogP contribution in [0, 0.1) is 0 Å². The molecular formula is C24H29F3N4O3S. The lowest BCUT2D eigenvalue weighted by atomic mass is 9.91. The number of hydrogen-bond donors (Lipinski definition) is 1. The van der Waals surface area contributed by atoms with Crippen molar-refractivity contribution in [2.24, 2.45) is 0 Å². The van der Waals surface area contributed by atoms with Gasteiger partial charge in [0.15, 0.2) is 0 Å². The molecule has 3 heterocycles. The average Bonchev–Trinajstić information content (AvgIpc) is 2.84. The number of hydrogen-bond acceptors (Lipinski definition) is 5. The quantitative estimate of drug-likeness (QED) is 0.655. The molecule has 7 nitrogen and oxygen atoms in total. The Balaban J connectivity index is 1.34. The second-order valence-electron chi connectivity index (χ2n) is 9.13. The van der Waals surface area contributed by atoms with Crippen molar-refractivity contribution in [2.45, 2.75) is 55.6 Å². The van der Waals surface area contributed by atoms with E-state index in [9.17, 15) is 26.4 Å². The molecule has 1 N–H and O–H groups in total. The fourth-order valence-electron chi connectivity index (χ4n) is 4.69. The highest BCUT2D eigenvalue weighted by atomic mass is 32.2. The first kappa shape index (κ1) is 25.4. The number of likely N-dealkylation sites (tertiary alicyclic amines) is 1. The summed E-state index contributed by atoms with van der Waals surface area (Å²) >= 11 is 0. The van der Waals surface area contributed by atoms with Crippen molar-refractivity contribution < 1.29 is 26.4 Å². The van der Waals surface area contributed by atoms with Crippen molar-refractivity contribution in [3.05, 3.63) is 53.7 Å². The molecule has 11 heteroatoms. The summed E-state index contributed by atoms with van der Waals surface area (Å²) in [7, 11) is -3.65. The number of piperidine rings is 2. The molecule has 0 radical (unpaired) electrons. The van der Waals surface area contributed by atoms with Gasteiger partial charge >= 0.3 is 6.18 Å². The Hall–Kier alpha value is -2.66. The maximum absolute atomic E-state index is 13.1. The molecule has 2 aliphatic heterocycles. The molecule has 0 saturated carbocycles. The molecule has 0 spiro atoms. The minimum atomic E-state index is -4.44. The second kappa shape index (κ2) is 10.1. The molecule has 2 saturated heterocycles. The molecule has 35 heavy (non-hydrogen) atoms. The lowest BCUT2D eigenvalue weighted by Crippen LogP contribution is -2.42. The van der Waals surface area contributed by atoms with Crippen LogP contribution in [0.5, 0.6) is 0 Å². The highest BCUT2D eigenvalue weighted by Gasteiger charge is 2.32. The number of nitrogens with zero attached hydrogens (tertiary/aromatic N) is 3. The molecule has 4 rings (SSSR count). The van der Waals surface area contributed by atoms with Crippen molar-refractivity contribution in [3.63, 3.8) is 0 Å². The normalized spacial score (nSPS) is 20.6. The SMILES string of the molecule is CC(=O)N1CCCC(c2ccc(S(=O)(=O)N3CCC(Nc4ccc(C(F)(F)F)cn4)CC3)cc2)C1. The summed E-state index contributed by atoms with van der Waals surface area (Å²) in [6, 6.07) is 9.13. The third kappa shape index (κ3) is 5.95. The number of amides is 1. The standard InChI is InChI=1S/C24H29F3N4O3S/c1-17(32)30-12-2-3-19(16-30)18-4-7-22(8-5-18)35(33,34)31-13-10-21(11-14-31)29-23-9-6-20(15-28-23)24(25,26)27/h4-9,15,19,21H,2-3,10-14,16H2,1H3,(H,28,29). The van der Waals surface area contributed by atoms with Crippen LogP contribution in [-0.2, 0) is 21.0 Å². The number of carbonyl (C=O) groups is 1. The lowest BCUT2D eigenvalue weighted by molar-refractivity contribution is -0.137. The summed E-state index contributed by atoms with van der Waals surface area (Å²) in [5.74, 6) is 0.590. The van der Waals surface area contributed by atoms with Gasteiger partial charge in [-0.15, -0.1) is 0 Å². The smallest absolute Gasteiger partial charge is 0.367 e. The van der Waals surface area contributed by atoms with Gasteiger partial charge in [-0.05, 0) is 55.5 Å². The number of carbonyl (C=O) groups excluding carboxylic acids is 1. The van der Waals surface area contributed by atoms with Gasteiger partial charge in [-0.25, -0.2) is 13.4 Å². The molecule has 1 unspecified atom stereocenters. The molecule has 0 bridgehead atoms. The minimum Gasteiger partial charge on any atom is -0.367 e. The molecular weight excluding hydrogens is 481 g/mol. The topological polar surface area (TPSA) is 82.6 Å². The van der Waals surface area contributed by atoms with Crippen LogP contribution in [0.25, 0.3) is 0 Å². The van der Waals surface area contributed by atoms with Gasteiger partial charge in [-0.1, -0.05) is 12.1 Å². The fraction of sp³-hybridized carbons (Fsp3) is 0.500. The first-order valence-corrected chi connectivity index (χ1v) is 13.1. The summed E-state index contributed by atoms with van der Waals surface area (Å²) in [4.78, 5) is 17.6. The van der Waals surface area contributed by atoms with Gasteiger partial charge < -0.3 is 10.2 Å². The van der Waals surface area contributed by atoms with Crippen LogP contribution in [0.3, 0.4) is 0 Å². The van der Waals surface area contributed by atoms with Crippen LogP contribution in [0.15, 0.2) is 47.5 Å². The van der Waals surface area contributed by atoms with E-state index < -0.39 is 21.8 Å². The van der Waals surface area contributed by atoms with Crippen LogP contribution in [-0.4, -0.2) is 60.7 Å². The van der Waals surface area contributed by atoms with Crippen LogP contribution in [0.1, 0.15) is 49.7 Å². The average molecular weight is 511 g/mol. The molecule has 1 amide bonds. The molecule has 2 fully saturated rings. The van der Waals surface area contributed by atoms with Gasteiger partial charge in [0, 0.05) is 51.3 Å². The first-order valence-electron chi connectivity index (χ1n) is 11.7. The van der Waals surface area contributed by atoms with Gasteiger partial charge in [0.25, 0.3) is 0 Å². The van der Waals surface area contributed by atoms with E-state index in [1.54, 1.807) is 19.1 Å². The Morgan fingerprint density at radius 2 is 1.71 bits per heavy atom. The van der Waals surface area contributed by atoms with Gasteiger partial charge in [0.05, 0.1) is 10.5 Å². The number of halogens is 3. The molecule has 2 aliphatic rings. The number of pyridine rings is 1. The zero-order chi connectivity index (χ0) is 25.2. The van der Waals surface area contributed by atoms with E-state index in [4.69, 9.17) is 0 Å². The van der Waals surface area contributed by atoms with Crippen LogP contribution in [0.4, 0.5) is 19.0 Å². The number of rotatable bonds is 5. The van der Waals surface area contributed by atoms with E-state index in [0.717, 1.165) is 37.2 Å². The second-order valence-corrected chi connectivity index (χ2v) is 11.1. The zero-order valence-corrected chi connectivity index (χ0v) is 20.3. The van der Waals surface area contributed by atoms with E-state index in [1.807, 2.05) is 17.0 Å². The first-order chi connectivity index (χ1) is 16.5. The maximum Gasteiger partial charge on any atom is 0.417 e. The number of alkyl halides is 3. The van der Waals surface area contributed by atoms with E-state index >= 15 is 0 Å². The number of nitrogens with one attached hydrogen (secondary N) is 1. The largest absolute Gasteiger partial charge is 0.417 e. The van der Waals surface area contributed by atoms with Gasteiger partial charge in [-0.2, -0.15) is 17.5 Å². The van der Waals surface area contributed by atoms with Crippen LogP contribution in [0.2, 0.25) is 0 Å². The number of aromatic nitrogens is 1. The summed E-state index contributed by atoms with van der Waals surface area (Å²) in [6.07, 6.45) is -0.726. The van der Waals surface area contributed by atoms with Crippen molar-refractivity contribution in [1.29, 1.82) is 0 Å². The predicted molar refractivity (Wildman–Crippen MR) is 125 cm³/mol. The third-order valence-corrected chi connectivity index (χ3v) is 8.67. The maximum atomic E-state index is 13.1. The summed E-state index contributed by atoms with van der Waals surface area (Å²) in [6.45, 7) is 3.59. The Bertz CT molecular complexity index is 1130. The van der Waals surface area contributed by atoms with E-state index in [2.05, 4.69) is 10.3 Å². The van der Waals surface area contributed by atoms with Gasteiger partial charge in [0.1, 0.15) is 5.82 Å². The molecule has 1 atom stereocenters. The minimum absolute atomic E-state index is 0.0564. The van der Waals surface area contributed by atoms with Crippen molar-refractivity contribution in [3.8, 4) is 0 Å². The number of anilines is 1. The molecule has 190 valence electrons. The van der Waals surface area contributed by atoms with E-state index in [-0.39, 0.29) is 22.8 Å².